The predicted molar refractivity (Wildman–Crippen MR) is 80.4 cm³/mol. The van der Waals surface area contributed by atoms with Gasteiger partial charge < -0.3 is 9.84 Å². The molecule has 2 heteroatoms. The second-order valence-corrected chi connectivity index (χ2v) is 4.85. The lowest BCUT2D eigenvalue weighted by Crippen LogP contribution is -1.97. The van der Waals surface area contributed by atoms with Crippen molar-refractivity contribution in [3.05, 3.63) is 42.5 Å². The van der Waals surface area contributed by atoms with Gasteiger partial charge >= 0.3 is 0 Å². The van der Waals surface area contributed by atoms with Crippen molar-refractivity contribution in [3.8, 4) is 5.75 Å². The lowest BCUT2D eigenvalue weighted by Gasteiger charge is -2.06. The Kier molecular flexibility index (Phi) is 8.82. The SMILES string of the molecule is C=CCCCCCCCCOc1ccc(CO)cc1. The third-order valence-electron chi connectivity index (χ3n) is 3.18. The summed E-state index contributed by atoms with van der Waals surface area (Å²) in [5.74, 6) is 0.892. The summed E-state index contributed by atoms with van der Waals surface area (Å²) in [5.41, 5.74) is 0.923. The highest BCUT2D eigenvalue weighted by atomic mass is 16.5. The lowest BCUT2D eigenvalue weighted by atomic mass is 10.1. The van der Waals surface area contributed by atoms with Gasteiger partial charge in [0.25, 0.3) is 0 Å². The van der Waals surface area contributed by atoms with E-state index in [1.54, 1.807) is 0 Å². The van der Waals surface area contributed by atoms with Gasteiger partial charge in [0.15, 0.2) is 0 Å². The van der Waals surface area contributed by atoms with Crippen LogP contribution in [0, 0.1) is 0 Å². The van der Waals surface area contributed by atoms with E-state index in [1.165, 1.54) is 32.1 Å². The van der Waals surface area contributed by atoms with Gasteiger partial charge in [-0.05, 0) is 37.0 Å². The Morgan fingerprint density at radius 3 is 2.21 bits per heavy atom. The highest BCUT2D eigenvalue weighted by Crippen LogP contribution is 2.13. The van der Waals surface area contributed by atoms with Gasteiger partial charge in [-0.3, -0.25) is 0 Å². The lowest BCUT2D eigenvalue weighted by molar-refractivity contribution is 0.281. The van der Waals surface area contributed by atoms with Crippen molar-refractivity contribution in [1.82, 2.24) is 0 Å². The molecule has 0 unspecified atom stereocenters. The Hall–Kier alpha value is -1.28. The first kappa shape index (κ1) is 15.8. The molecule has 1 rings (SSSR count). The maximum Gasteiger partial charge on any atom is 0.119 e. The van der Waals surface area contributed by atoms with Gasteiger partial charge in [-0.15, -0.1) is 6.58 Å². The van der Waals surface area contributed by atoms with Crippen molar-refractivity contribution < 1.29 is 9.84 Å². The molecule has 0 spiro atoms. The number of unbranched alkanes of at least 4 members (excludes halogenated alkanes) is 6. The first-order valence-electron chi connectivity index (χ1n) is 7.30. The number of aliphatic hydroxyl groups is 1. The second-order valence-electron chi connectivity index (χ2n) is 4.85. The normalized spacial score (nSPS) is 10.4. The van der Waals surface area contributed by atoms with E-state index in [0.717, 1.165) is 30.8 Å². The highest BCUT2D eigenvalue weighted by molar-refractivity contribution is 5.26. The fourth-order valence-electron chi connectivity index (χ4n) is 1.98. The Morgan fingerprint density at radius 1 is 0.947 bits per heavy atom. The van der Waals surface area contributed by atoms with Crippen LogP contribution in [0.15, 0.2) is 36.9 Å². The van der Waals surface area contributed by atoms with Crippen molar-refractivity contribution in [2.75, 3.05) is 6.61 Å². The Bertz CT molecular complexity index is 330. The van der Waals surface area contributed by atoms with Crippen molar-refractivity contribution >= 4 is 0 Å². The quantitative estimate of drug-likeness (QED) is 0.471. The number of ether oxygens (including phenoxy) is 1. The van der Waals surface area contributed by atoms with Crippen LogP contribution in [0.3, 0.4) is 0 Å². The van der Waals surface area contributed by atoms with E-state index in [4.69, 9.17) is 9.84 Å². The second kappa shape index (κ2) is 10.6. The molecule has 0 radical (unpaired) electrons. The van der Waals surface area contributed by atoms with E-state index in [9.17, 15) is 0 Å². The van der Waals surface area contributed by atoms with Crippen LogP contribution >= 0.6 is 0 Å². The summed E-state index contributed by atoms with van der Waals surface area (Å²) in [6.45, 7) is 4.60. The smallest absolute Gasteiger partial charge is 0.119 e. The molecule has 106 valence electrons. The maximum absolute atomic E-state index is 8.93. The van der Waals surface area contributed by atoms with Gasteiger partial charge in [0, 0.05) is 0 Å². The summed E-state index contributed by atoms with van der Waals surface area (Å²) in [6.07, 6.45) is 10.7. The molecule has 0 heterocycles. The average molecular weight is 262 g/mol. The van der Waals surface area contributed by atoms with Crippen LogP contribution in [-0.2, 0) is 6.61 Å². The fraction of sp³-hybridized carbons (Fsp3) is 0.529. The van der Waals surface area contributed by atoms with Crippen LogP contribution in [0.1, 0.15) is 50.5 Å². The maximum atomic E-state index is 8.93. The van der Waals surface area contributed by atoms with Gasteiger partial charge in [-0.2, -0.15) is 0 Å². The minimum Gasteiger partial charge on any atom is -0.494 e. The molecule has 0 aromatic heterocycles. The molecule has 0 aliphatic carbocycles. The predicted octanol–water partition coefficient (Wildman–Crippen LogP) is 4.47. The molecular formula is C17H26O2. The molecule has 0 amide bonds. The van der Waals surface area contributed by atoms with Crippen LogP contribution in [-0.4, -0.2) is 11.7 Å². The largest absolute Gasteiger partial charge is 0.494 e. The summed E-state index contributed by atoms with van der Waals surface area (Å²) >= 11 is 0. The van der Waals surface area contributed by atoms with E-state index < -0.39 is 0 Å². The standard InChI is InChI=1S/C17H26O2/c1-2-3-4-5-6-7-8-9-14-19-17-12-10-16(15-18)11-13-17/h2,10-13,18H,1,3-9,14-15H2. The Labute approximate surface area is 117 Å². The van der Waals surface area contributed by atoms with E-state index in [-0.39, 0.29) is 6.61 Å². The van der Waals surface area contributed by atoms with E-state index in [1.807, 2.05) is 30.3 Å². The van der Waals surface area contributed by atoms with E-state index >= 15 is 0 Å². The molecule has 0 saturated carbocycles. The van der Waals surface area contributed by atoms with Crippen molar-refractivity contribution in [1.29, 1.82) is 0 Å². The number of hydrogen-bond donors (Lipinski definition) is 1. The topological polar surface area (TPSA) is 29.5 Å². The first-order chi connectivity index (χ1) is 9.36. The molecular weight excluding hydrogens is 236 g/mol. The number of rotatable bonds is 11. The zero-order chi connectivity index (χ0) is 13.8. The molecule has 0 saturated heterocycles. The zero-order valence-corrected chi connectivity index (χ0v) is 11.8. The van der Waals surface area contributed by atoms with Crippen molar-refractivity contribution in [3.63, 3.8) is 0 Å². The molecule has 0 fully saturated rings. The van der Waals surface area contributed by atoms with Crippen molar-refractivity contribution in [2.45, 2.75) is 51.6 Å². The molecule has 19 heavy (non-hydrogen) atoms. The summed E-state index contributed by atoms with van der Waals surface area (Å²) < 4.78 is 5.66. The van der Waals surface area contributed by atoms with Gasteiger partial charge in [-0.1, -0.05) is 43.9 Å². The van der Waals surface area contributed by atoms with Crippen molar-refractivity contribution in [2.24, 2.45) is 0 Å². The minimum atomic E-state index is 0.0894. The monoisotopic (exact) mass is 262 g/mol. The molecule has 0 aliphatic heterocycles. The summed E-state index contributed by atoms with van der Waals surface area (Å²) in [5, 5.41) is 8.93. The Morgan fingerprint density at radius 2 is 1.58 bits per heavy atom. The molecule has 0 atom stereocenters. The molecule has 1 aromatic carbocycles. The fourth-order valence-corrected chi connectivity index (χ4v) is 1.98. The first-order valence-corrected chi connectivity index (χ1v) is 7.30. The Balaban J connectivity index is 1.96. The molecule has 1 N–H and O–H groups in total. The molecule has 1 aromatic rings. The molecule has 0 aliphatic rings. The third kappa shape index (κ3) is 7.68. The molecule has 2 nitrogen and oxygen atoms in total. The minimum absolute atomic E-state index is 0.0894. The van der Waals surface area contributed by atoms with Gasteiger partial charge in [0.2, 0.25) is 0 Å². The van der Waals surface area contributed by atoms with E-state index in [0.29, 0.717) is 0 Å². The van der Waals surface area contributed by atoms with Crippen LogP contribution < -0.4 is 4.74 Å². The van der Waals surface area contributed by atoms with Gasteiger partial charge in [0.05, 0.1) is 13.2 Å². The number of hydrogen-bond acceptors (Lipinski definition) is 2. The highest BCUT2D eigenvalue weighted by Gasteiger charge is 1.95. The summed E-state index contributed by atoms with van der Waals surface area (Å²) in [4.78, 5) is 0. The van der Waals surface area contributed by atoms with Gasteiger partial charge in [0.1, 0.15) is 5.75 Å². The number of aliphatic hydroxyl groups excluding tert-OH is 1. The number of benzene rings is 1. The zero-order valence-electron chi connectivity index (χ0n) is 11.8. The molecule has 0 bridgehead atoms. The summed E-state index contributed by atoms with van der Waals surface area (Å²) in [7, 11) is 0. The average Bonchev–Trinajstić information content (AvgIpc) is 2.46. The summed E-state index contributed by atoms with van der Waals surface area (Å²) in [6, 6.07) is 7.63. The van der Waals surface area contributed by atoms with Crippen LogP contribution in [0.2, 0.25) is 0 Å². The number of allylic oxidation sites excluding steroid dienone is 1. The van der Waals surface area contributed by atoms with Crippen LogP contribution in [0.5, 0.6) is 5.75 Å². The van der Waals surface area contributed by atoms with Gasteiger partial charge in [-0.25, -0.2) is 0 Å². The van der Waals surface area contributed by atoms with E-state index in [2.05, 4.69) is 6.58 Å². The third-order valence-corrected chi connectivity index (χ3v) is 3.18. The van der Waals surface area contributed by atoms with Crippen LogP contribution in [0.4, 0.5) is 0 Å². The van der Waals surface area contributed by atoms with Crippen LogP contribution in [0.25, 0.3) is 0 Å².